The number of carbonyl (C=O) groups excluding carboxylic acids is 1. The molecule has 0 saturated heterocycles. The van der Waals surface area contributed by atoms with Crippen LogP contribution in [0.4, 0.5) is 5.82 Å². The summed E-state index contributed by atoms with van der Waals surface area (Å²) >= 11 is 1.59. The number of H-pyrrole nitrogens is 1. The van der Waals surface area contributed by atoms with Gasteiger partial charge in [0, 0.05) is 12.3 Å². The van der Waals surface area contributed by atoms with Gasteiger partial charge in [-0.05, 0) is 22.4 Å². The molecule has 5 heteroatoms. The van der Waals surface area contributed by atoms with E-state index in [0.717, 1.165) is 5.56 Å². The van der Waals surface area contributed by atoms with Crippen LogP contribution in [0.25, 0.3) is 0 Å². The molecule has 2 N–H and O–H groups in total. The zero-order valence-electron chi connectivity index (χ0n) is 7.36. The molecule has 0 radical (unpaired) electrons. The lowest BCUT2D eigenvalue weighted by atomic mass is 10.2. The summed E-state index contributed by atoms with van der Waals surface area (Å²) in [6, 6.07) is 3.65. The summed E-state index contributed by atoms with van der Waals surface area (Å²) in [6.45, 7) is 0. The first kappa shape index (κ1) is 8.96. The molecule has 0 bridgehead atoms. The molecule has 2 aromatic rings. The minimum absolute atomic E-state index is 0.0458. The van der Waals surface area contributed by atoms with Crippen LogP contribution in [0.1, 0.15) is 5.56 Å². The Morgan fingerprint density at radius 2 is 2.50 bits per heavy atom. The predicted molar refractivity (Wildman–Crippen MR) is 55.2 cm³/mol. The highest BCUT2D eigenvalue weighted by Crippen LogP contribution is 2.07. The maximum Gasteiger partial charge on any atom is 0.230 e. The Hall–Kier alpha value is -1.62. The van der Waals surface area contributed by atoms with Crippen LogP contribution in [0.2, 0.25) is 0 Å². The van der Waals surface area contributed by atoms with E-state index in [0.29, 0.717) is 12.2 Å². The lowest BCUT2D eigenvalue weighted by Gasteiger charge is -1.98. The summed E-state index contributed by atoms with van der Waals surface area (Å²) in [5.74, 6) is 0.515. The average molecular weight is 207 g/mol. The van der Waals surface area contributed by atoms with Gasteiger partial charge in [-0.3, -0.25) is 9.89 Å². The number of carbonyl (C=O) groups is 1. The number of amides is 1. The number of nitrogens with zero attached hydrogens (tertiary/aromatic N) is 1. The molecule has 0 aromatic carbocycles. The van der Waals surface area contributed by atoms with E-state index in [2.05, 4.69) is 15.5 Å². The van der Waals surface area contributed by atoms with Crippen molar-refractivity contribution in [3.63, 3.8) is 0 Å². The third kappa shape index (κ3) is 2.20. The first-order valence-corrected chi connectivity index (χ1v) is 5.09. The highest BCUT2D eigenvalue weighted by molar-refractivity contribution is 7.07. The van der Waals surface area contributed by atoms with Gasteiger partial charge in [-0.2, -0.15) is 16.4 Å². The number of hydrogen-bond acceptors (Lipinski definition) is 3. The minimum Gasteiger partial charge on any atom is -0.309 e. The van der Waals surface area contributed by atoms with Gasteiger partial charge in [-0.1, -0.05) is 0 Å². The van der Waals surface area contributed by atoms with Gasteiger partial charge < -0.3 is 5.32 Å². The van der Waals surface area contributed by atoms with Gasteiger partial charge >= 0.3 is 0 Å². The molecule has 0 fully saturated rings. The van der Waals surface area contributed by atoms with Crippen molar-refractivity contribution in [2.45, 2.75) is 6.42 Å². The molecule has 4 nitrogen and oxygen atoms in total. The lowest BCUT2D eigenvalue weighted by Crippen LogP contribution is -2.14. The largest absolute Gasteiger partial charge is 0.309 e. The van der Waals surface area contributed by atoms with Crippen LogP contribution in [-0.4, -0.2) is 16.1 Å². The number of anilines is 1. The van der Waals surface area contributed by atoms with Crippen molar-refractivity contribution in [1.29, 1.82) is 0 Å². The topological polar surface area (TPSA) is 57.8 Å². The lowest BCUT2D eigenvalue weighted by molar-refractivity contribution is -0.115. The standard InChI is InChI=1S/C9H9N3OS/c13-9(5-7-2-4-14-6-7)11-8-1-3-10-12-8/h1-4,6H,5H2,(H2,10,11,12,13). The second-order valence-corrected chi connectivity index (χ2v) is 3.60. The predicted octanol–water partition coefficient (Wildman–Crippen LogP) is 1.65. The van der Waals surface area contributed by atoms with Gasteiger partial charge in [0.05, 0.1) is 6.42 Å². The van der Waals surface area contributed by atoms with Gasteiger partial charge in [-0.15, -0.1) is 0 Å². The molecule has 2 rings (SSSR count). The smallest absolute Gasteiger partial charge is 0.230 e. The number of thiophene rings is 1. The first-order chi connectivity index (χ1) is 6.84. The third-order valence-electron chi connectivity index (χ3n) is 1.71. The number of nitrogens with one attached hydrogen (secondary N) is 2. The average Bonchev–Trinajstić information content (AvgIpc) is 2.76. The number of hydrogen-bond donors (Lipinski definition) is 2. The van der Waals surface area contributed by atoms with Crippen LogP contribution >= 0.6 is 11.3 Å². The van der Waals surface area contributed by atoms with E-state index in [-0.39, 0.29) is 5.91 Å². The van der Waals surface area contributed by atoms with Gasteiger partial charge in [0.25, 0.3) is 0 Å². The molecule has 0 aliphatic heterocycles. The van der Waals surface area contributed by atoms with Crippen molar-refractivity contribution in [3.05, 3.63) is 34.7 Å². The molecule has 1 amide bonds. The van der Waals surface area contributed by atoms with Crippen LogP contribution < -0.4 is 5.32 Å². The Morgan fingerprint density at radius 1 is 1.57 bits per heavy atom. The molecular weight excluding hydrogens is 198 g/mol. The Balaban J connectivity index is 1.91. The molecular formula is C9H9N3OS. The van der Waals surface area contributed by atoms with Crippen molar-refractivity contribution < 1.29 is 4.79 Å². The Bertz CT molecular complexity index is 355. The van der Waals surface area contributed by atoms with E-state index >= 15 is 0 Å². The zero-order valence-corrected chi connectivity index (χ0v) is 8.17. The van der Waals surface area contributed by atoms with Crippen LogP contribution in [0.15, 0.2) is 29.1 Å². The quantitative estimate of drug-likeness (QED) is 0.804. The van der Waals surface area contributed by atoms with Gasteiger partial charge in [-0.25, -0.2) is 0 Å². The Kier molecular flexibility index (Phi) is 2.60. The first-order valence-electron chi connectivity index (χ1n) is 4.15. The molecule has 0 saturated carbocycles. The van der Waals surface area contributed by atoms with E-state index in [1.165, 1.54) is 0 Å². The zero-order chi connectivity index (χ0) is 9.80. The Labute approximate surface area is 85.0 Å². The number of rotatable bonds is 3. The molecule has 72 valence electrons. The van der Waals surface area contributed by atoms with Crippen molar-refractivity contribution in [3.8, 4) is 0 Å². The summed E-state index contributed by atoms with van der Waals surface area (Å²) in [7, 11) is 0. The molecule has 0 spiro atoms. The highest BCUT2D eigenvalue weighted by Gasteiger charge is 2.04. The van der Waals surface area contributed by atoms with E-state index in [1.807, 2.05) is 16.8 Å². The van der Waals surface area contributed by atoms with Crippen LogP contribution in [0.3, 0.4) is 0 Å². The fraction of sp³-hybridized carbons (Fsp3) is 0.111. The fourth-order valence-corrected chi connectivity index (χ4v) is 1.76. The molecule has 0 aliphatic carbocycles. The normalized spacial score (nSPS) is 10.0. The molecule has 0 atom stereocenters. The van der Waals surface area contributed by atoms with Crippen LogP contribution in [0, 0.1) is 0 Å². The minimum atomic E-state index is -0.0458. The summed E-state index contributed by atoms with van der Waals surface area (Å²) in [5, 5.41) is 13.1. The van der Waals surface area contributed by atoms with E-state index in [1.54, 1.807) is 23.6 Å². The van der Waals surface area contributed by atoms with E-state index < -0.39 is 0 Å². The van der Waals surface area contributed by atoms with Crippen LogP contribution in [0.5, 0.6) is 0 Å². The van der Waals surface area contributed by atoms with Crippen LogP contribution in [-0.2, 0) is 11.2 Å². The summed E-state index contributed by atoms with van der Waals surface area (Å²) in [5.41, 5.74) is 1.03. The third-order valence-corrected chi connectivity index (χ3v) is 2.45. The second kappa shape index (κ2) is 4.06. The molecule has 2 heterocycles. The van der Waals surface area contributed by atoms with Crippen molar-refractivity contribution in [1.82, 2.24) is 10.2 Å². The SMILES string of the molecule is O=C(Cc1ccsc1)Nc1cc[nH]n1. The monoisotopic (exact) mass is 207 g/mol. The van der Waals surface area contributed by atoms with Gasteiger partial charge in [0.1, 0.15) is 0 Å². The molecule has 0 unspecified atom stereocenters. The fourth-order valence-electron chi connectivity index (χ4n) is 1.10. The summed E-state index contributed by atoms with van der Waals surface area (Å²) in [4.78, 5) is 11.4. The molecule has 0 aliphatic rings. The van der Waals surface area contributed by atoms with Gasteiger partial charge in [0.2, 0.25) is 5.91 Å². The van der Waals surface area contributed by atoms with E-state index in [9.17, 15) is 4.79 Å². The number of aromatic amines is 1. The molecule has 14 heavy (non-hydrogen) atoms. The number of aromatic nitrogens is 2. The van der Waals surface area contributed by atoms with Gasteiger partial charge in [0.15, 0.2) is 5.82 Å². The Morgan fingerprint density at radius 3 is 3.14 bits per heavy atom. The summed E-state index contributed by atoms with van der Waals surface area (Å²) < 4.78 is 0. The maximum atomic E-state index is 11.4. The highest BCUT2D eigenvalue weighted by atomic mass is 32.1. The molecule has 2 aromatic heterocycles. The van der Waals surface area contributed by atoms with E-state index in [4.69, 9.17) is 0 Å². The van der Waals surface area contributed by atoms with Crippen molar-refractivity contribution in [2.75, 3.05) is 5.32 Å². The van der Waals surface area contributed by atoms with Crippen molar-refractivity contribution >= 4 is 23.1 Å². The summed E-state index contributed by atoms with van der Waals surface area (Å²) in [6.07, 6.45) is 2.07. The second-order valence-electron chi connectivity index (χ2n) is 2.82. The maximum absolute atomic E-state index is 11.4. The van der Waals surface area contributed by atoms with Crippen molar-refractivity contribution in [2.24, 2.45) is 0 Å².